The number of aromatic nitrogens is 3. The van der Waals surface area contributed by atoms with Crippen molar-refractivity contribution >= 4 is 38.2 Å². The van der Waals surface area contributed by atoms with Crippen LogP contribution in [0.25, 0.3) is 11.0 Å². The number of anilines is 2. The topological polar surface area (TPSA) is 132 Å². The molecule has 0 bridgehead atoms. The molecular formula is C20H20F2N6O3S. The number of hydrogen-bond acceptors (Lipinski definition) is 9. The van der Waals surface area contributed by atoms with Crippen molar-refractivity contribution in [2.45, 2.75) is 24.4 Å². The zero-order chi connectivity index (χ0) is 23.3. The summed E-state index contributed by atoms with van der Waals surface area (Å²) in [5.41, 5.74) is 5.30. The summed E-state index contributed by atoms with van der Waals surface area (Å²) in [6.07, 6.45) is 2.95. The van der Waals surface area contributed by atoms with Gasteiger partial charge in [0, 0.05) is 17.4 Å². The first-order chi connectivity index (χ1) is 15.0. The Balaban J connectivity index is 1.77. The van der Waals surface area contributed by atoms with E-state index in [-0.39, 0.29) is 5.56 Å². The zero-order valence-corrected chi connectivity index (χ0v) is 18.2. The van der Waals surface area contributed by atoms with Gasteiger partial charge in [-0.05, 0) is 38.1 Å². The molecular weight excluding hydrogens is 442 g/mol. The molecule has 32 heavy (non-hydrogen) atoms. The van der Waals surface area contributed by atoms with E-state index in [0.717, 1.165) is 13.0 Å². The third-order valence-electron chi connectivity index (χ3n) is 5.34. The number of hydrogen-bond donors (Lipinski definition) is 2. The predicted octanol–water partition coefficient (Wildman–Crippen LogP) is 2.60. The van der Waals surface area contributed by atoms with Gasteiger partial charge < -0.3 is 15.8 Å². The lowest BCUT2D eigenvalue weighted by atomic mass is 9.93. The van der Waals surface area contributed by atoms with Crippen molar-refractivity contribution in [3.8, 4) is 5.88 Å². The van der Waals surface area contributed by atoms with Gasteiger partial charge in [-0.15, -0.1) is 0 Å². The van der Waals surface area contributed by atoms with Crippen LogP contribution in [0.1, 0.15) is 19.4 Å². The van der Waals surface area contributed by atoms with E-state index in [0.29, 0.717) is 28.4 Å². The third kappa shape index (κ3) is 3.49. The quantitative estimate of drug-likeness (QED) is 0.605. The van der Waals surface area contributed by atoms with Gasteiger partial charge in [-0.3, -0.25) is 4.99 Å². The number of ether oxygens (including phenoxy) is 1. The largest absolute Gasteiger partial charge is 0.480 e. The highest BCUT2D eigenvalue weighted by molar-refractivity contribution is 7.93. The Kier molecular flexibility index (Phi) is 4.99. The molecule has 9 nitrogen and oxygen atoms in total. The summed E-state index contributed by atoms with van der Waals surface area (Å²) in [6.45, 7) is 2.22. The molecule has 3 N–H and O–H groups in total. The van der Waals surface area contributed by atoms with Crippen molar-refractivity contribution in [1.29, 1.82) is 0 Å². The molecule has 0 unspecified atom stereocenters. The standard InChI is InChI=1S/C20H20F2N6O3S/c1-19(10-32(29,30)20(2,22)18(23)28-19)12-8-11(4-5-13(12)21)26-17-16-14(6-7-24-17)27-15(31-3)9-25-16/h4-9H,10H2,1-3H3,(H2,23,28)(H,24,26)/t19-,20+/m0/s1. The minimum absolute atomic E-state index is 0.0579. The van der Waals surface area contributed by atoms with Crippen LogP contribution in [0.3, 0.4) is 0 Å². The Morgan fingerprint density at radius 3 is 2.66 bits per heavy atom. The van der Waals surface area contributed by atoms with Gasteiger partial charge in [0.15, 0.2) is 15.7 Å². The Labute approximate surface area is 182 Å². The van der Waals surface area contributed by atoms with Crippen LogP contribution >= 0.6 is 0 Å². The van der Waals surface area contributed by atoms with Gasteiger partial charge in [-0.1, -0.05) is 0 Å². The molecule has 1 aliphatic rings. The van der Waals surface area contributed by atoms with Gasteiger partial charge >= 0.3 is 0 Å². The van der Waals surface area contributed by atoms with Gasteiger partial charge in [0.05, 0.1) is 24.6 Å². The van der Waals surface area contributed by atoms with Crippen molar-refractivity contribution < 1.29 is 21.9 Å². The SMILES string of the molecule is COc1cnc2c(Nc3ccc(F)c([C@]4(C)CS(=O)(=O)[C@@](C)(F)C(N)=N4)c3)nccc2n1. The second kappa shape index (κ2) is 7.33. The molecule has 0 aliphatic carbocycles. The van der Waals surface area contributed by atoms with Crippen molar-refractivity contribution in [2.75, 3.05) is 18.2 Å². The van der Waals surface area contributed by atoms with Crippen molar-refractivity contribution in [3.05, 3.63) is 48.0 Å². The number of benzene rings is 1. The fraction of sp³-hybridized carbons (Fsp3) is 0.300. The van der Waals surface area contributed by atoms with Crippen LogP contribution in [-0.4, -0.2) is 47.1 Å². The number of aliphatic imine (C=N–C) groups is 1. The van der Waals surface area contributed by atoms with Crippen molar-refractivity contribution in [3.63, 3.8) is 0 Å². The normalized spacial score (nSPS) is 24.7. The molecule has 4 rings (SSSR count). The molecule has 0 spiro atoms. The maximum atomic E-state index is 14.8. The van der Waals surface area contributed by atoms with Gasteiger partial charge in [-0.2, -0.15) is 0 Å². The number of nitrogens with zero attached hydrogens (tertiary/aromatic N) is 4. The number of methoxy groups -OCH3 is 1. The van der Waals surface area contributed by atoms with E-state index < -0.39 is 37.8 Å². The second-order valence-electron chi connectivity index (χ2n) is 7.71. The number of sulfone groups is 1. The second-order valence-corrected chi connectivity index (χ2v) is 9.99. The zero-order valence-electron chi connectivity index (χ0n) is 17.4. The third-order valence-corrected chi connectivity index (χ3v) is 7.66. The van der Waals surface area contributed by atoms with Gasteiger partial charge in [0.2, 0.25) is 5.88 Å². The number of alkyl halides is 1. The van der Waals surface area contributed by atoms with E-state index in [4.69, 9.17) is 10.5 Å². The molecule has 1 aliphatic heterocycles. The van der Waals surface area contributed by atoms with Crippen LogP contribution in [-0.2, 0) is 15.4 Å². The maximum Gasteiger partial charge on any atom is 0.263 e. The molecule has 0 radical (unpaired) electrons. The van der Waals surface area contributed by atoms with Crippen LogP contribution in [0.15, 0.2) is 41.7 Å². The summed E-state index contributed by atoms with van der Waals surface area (Å²) in [5, 5.41) is 0.218. The van der Waals surface area contributed by atoms with Gasteiger partial charge in [0.1, 0.15) is 22.7 Å². The first kappa shape index (κ1) is 21.8. The highest BCUT2D eigenvalue weighted by Gasteiger charge is 2.53. The lowest BCUT2D eigenvalue weighted by Crippen LogP contribution is -2.54. The summed E-state index contributed by atoms with van der Waals surface area (Å²) in [7, 11) is -2.87. The summed E-state index contributed by atoms with van der Waals surface area (Å²) >= 11 is 0. The minimum atomic E-state index is -4.34. The fourth-order valence-corrected chi connectivity index (χ4v) is 5.07. The van der Waals surface area contributed by atoms with Gasteiger partial charge in [-0.25, -0.2) is 32.2 Å². The number of nitrogens with two attached hydrogens (primary N) is 1. The van der Waals surface area contributed by atoms with Crippen molar-refractivity contribution in [1.82, 2.24) is 15.0 Å². The molecule has 0 amide bonds. The number of fused-ring (bicyclic) bond motifs is 1. The minimum Gasteiger partial charge on any atom is -0.480 e. The maximum absolute atomic E-state index is 14.8. The molecule has 2 aromatic heterocycles. The smallest absolute Gasteiger partial charge is 0.263 e. The molecule has 2 atom stereocenters. The van der Waals surface area contributed by atoms with Crippen LogP contribution in [0.4, 0.5) is 20.3 Å². The van der Waals surface area contributed by atoms with E-state index in [1.165, 1.54) is 38.6 Å². The molecule has 12 heteroatoms. The summed E-state index contributed by atoms with van der Waals surface area (Å²) in [4.78, 5) is 16.9. The number of nitrogens with one attached hydrogen (secondary N) is 1. The molecule has 168 valence electrons. The van der Waals surface area contributed by atoms with E-state index in [1.54, 1.807) is 6.07 Å². The molecule has 3 heterocycles. The molecule has 0 fully saturated rings. The van der Waals surface area contributed by atoms with E-state index >= 15 is 0 Å². The molecule has 1 aromatic carbocycles. The number of rotatable bonds is 4. The molecule has 3 aromatic rings. The lowest BCUT2D eigenvalue weighted by molar-refractivity contribution is 0.354. The lowest BCUT2D eigenvalue weighted by Gasteiger charge is -2.35. The van der Waals surface area contributed by atoms with Crippen LogP contribution in [0, 0.1) is 5.82 Å². The highest BCUT2D eigenvalue weighted by Crippen LogP contribution is 2.39. The Morgan fingerprint density at radius 2 is 1.97 bits per heavy atom. The number of amidine groups is 1. The first-order valence-corrected chi connectivity index (χ1v) is 11.1. The summed E-state index contributed by atoms with van der Waals surface area (Å²) < 4.78 is 59.4. The number of pyridine rings is 1. The fourth-order valence-electron chi connectivity index (χ4n) is 3.47. The predicted molar refractivity (Wildman–Crippen MR) is 116 cm³/mol. The number of halogens is 2. The molecule has 0 saturated heterocycles. The van der Waals surface area contributed by atoms with E-state index in [9.17, 15) is 17.2 Å². The van der Waals surface area contributed by atoms with Gasteiger partial charge in [0.25, 0.3) is 5.00 Å². The summed E-state index contributed by atoms with van der Waals surface area (Å²) in [5.74, 6) is -1.49. The van der Waals surface area contributed by atoms with E-state index in [1.807, 2.05) is 0 Å². The summed E-state index contributed by atoms with van der Waals surface area (Å²) in [6, 6.07) is 5.65. The highest BCUT2D eigenvalue weighted by atomic mass is 32.2. The van der Waals surface area contributed by atoms with Crippen LogP contribution < -0.4 is 15.8 Å². The Bertz CT molecular complexity index is 1360. The van der Waals surface area contributed by atoms with Crippen LogP contribution in [0.5, 0.6) is 5.88 Å². The van der Waals surface area contributed by atoms with Crippen LogP contribution in [0.2, 0.25) is 0 Å². The Morgan fingerprint density at radius 1 is 1.22 bits per heavy atom. The average molecular weight is 462 g/mol. The monoisotopic (exact) mass is 462 g/mol. The first-order valence-electron chi connectivity index (χ1n) is 9.47. The van der Waals surface area contributed by atoms with Crippen molar-refractivity contribution in [2.24, 2.45) is 10.7 Å². The molecule has 0 saturated carbocycles. The Hall–Kier alpha value is -3.41. The average Bonchev–Trinajstić information content (AvgIpc) is 2.73. The van der Waals surface area contributed by atoms with E-state index in [2.05, 4.69) is 25.3 Å².